The number of nitrogens with zero attached hydrogens (tertiary/aromatic N) is 2. The summed E-state index contributed by atoms with van der Waals surface area (Å²) in [5.74, 6) is 0. The molecule has 1 fully saturated rings. The van der Waals surface area contributed by atoms with Crippen LogP contribution in [0.4, 0.5) is 0 Å². The molecule has 2 heteroatoms. The summed E-state index contributed by atoms with van der Waals surface area (Å²) in [6.45, 7) is 9.29. The van der Waals surface area contributed by atoms with E-state index in [2.05, 4.69) is 37.6 Å². The van der Waals surface area contributed by atoms with Crippen molar-refractivity contribution in [1.29, 1.82) is 0 Å². The Morgan fingerprint density at radius 3 is 2.25 bits per heavy atom. The molecule has 1 aliphatic heterocycles. The molecule has 1 heterocycles. The van der Waals surface area contributed by atoms with Crippen LogP contribution in [0, 0.1) is 0 Å². The van der Waals surface area contributed by atoms with Crippen LogP contribution in [0.5, 0.6) is 0 Å². The van der Waals surface area contributed by atoms with Gasteiger partial charge in [-0.2, -0.15) is 0 Å². The lowest BCUT2D eigenvalue weighted by atomic mass is 10.2. The maximum atomic E-state index is 2.62. The quantitative estimate of drug-likeness (QED) is 0.637. The van der Waals surface area contributed by atoms with Gasteiger partial charge in [0.25, 0.3) is 0 Å². The molecule has 0 spiro atoms. The molecule has 1 rings (SSSR count). The first kappa shape index (κ1) is 10.0. The molecule has 72 valence electrons. The van der Waals surface area contributed by atoms with E-state index in [1.54, 1.807) is 0 Å². The van der Waals surface area contributed by atoms with Crippen molar-refractivity contribution in [1.82, 2.24) is 9.80 Å². The lowest BCUT2D eigenvalue weighted by Gasteiger charge is -2.28. The minimum absolute atomic E-state index is 0.694. The van der Waals surface area contributed by atoms with Gasteiger partial charge in [0.1, 0.15) is 0 Å². The molecule has 12 heavy (non-hydrogen) atoms. The van der Waals surface area contributed by atoms with Crippen LogP contribution in [-0.2, 0) is 0 Å². The number of hydrogen-bond donors (Lipinski definition) is 0. The van der Waals surface area contributed by atoms with E-state index in [1.807, 2.05) is 0 Å². The first-order valence-corrected chi connectivity index (χ1v) is 5.20. The highest BCUT2D eigenvalue weighted by Crippen LogP contribution is 2.22. The van der Waals surface area contributed by atoms with Crippen LogP contribution < -0.4 is 0 Å². The van der Waals surface area contributed by atoms with Crippen LogP contribution in [-0.4, -0.2) is 42.1 Å². The fraction of sp³-hybridized carbons (Fsp3) is 1.00. The topological polar surface area (TPSA) is 6.48 Å². The van der Waals surface area contributed by atoms with Crippen LogP contribution in [0.1, 0.15) is 33.6 Å². The van der Waals surface area contributed by atoms with E-state index in [9.17, 15) is 0 Å². The summed E-state index contributed by atoms with van der Waals surface area (Å²) < 4.78 is 0. The Balaban J connectivity index is 2.61. The van der Waals surface area contributed by atoms with Gasteiger partial charge in [-0.3, -0.25) is 9.80 Å². The summed E-state index contributed by atoms with van der Waals surface area (Å²) in [5, 5.41) is 0. The average Bonchev–Trinajstić information content (AvgIpc) is 2.40. The molecule has 1 saturated heterocycles. The van der Waals surface area contributed by atoms with Gasteiger partial charge in [0, 0.05) is 12.6 Å². The normalized spacial score (nSPS) is 33.0. The van der Waals surface area contributed by atoms with Crippen molar-refractivity contribution in [2.75, 3.05) is 20.1 Å². The highest BCUT2D eigenvalue weighted by Gasteiger charge is 2.33. The molecule has 2 unspecified atom stereocenters. The highest BCUT2D eigenvalue weighted by molar-refractivity contribution is 4.86. The molecule has 2 atom stereocenters. The number of likely N-dealkylation sites (N-methyl/N-ethyl adjacent to an activating group) is 2. The number of hydrogen-bond acceptors (Lipinski definition) is 2. The zero-order valence-corrected chi connectivity index (χ0v) is 8.88. The highest BCUT2D eigenvalue weighted by atomic mass is 15.4. The molecule has 0 aliphatic carbocycles. The number of rotatable bonds is 3. The van der Waals surface area contributed by atoms with Crippen LogP contribution >= 0.6 is 0 Å². The maximum Gasteiger partial charge on any atom is 0.0620 e. The SMILES string of the molecule is CCC1CN(C)C(CC)N1CC. The Morgan fingerprint density at radius 1 is 1.17 bits per heavy atom. The van der Waals surface area contributed by atoms with E-state index in [0.29, 0.717) is 6.17 Å². The molecule has 2 nitrogen and oxygen atoms in total. The monoisotopic (exact) mass is 170 g/mol. The Kier molecular flexibility index (Phi) is 3.53. The molecule has 0 aromatic heterocycles. The van der Waals surface area contributed by atoms with Crippen LogP contribution in [0.25, 0.3) is 0 Å². The first-order valence-electron chi connectivity index (χ1n) is 5.20. The fourth-order valence-electron chi connectivity index (χ4n) is 2.43. The minimum atomic E-state index is 0.694. The van der Waals surface area contributed by atoms with Gasteiger partial charge < -0.3 is 0 Å². The summed E-state index contributed by atoms with van der Waals surface area (Å²) in [7, 11) is 2.24. The molecular formula is C10H22N2. The minimum Gasteiger partial charge on any atom is -0.289 e. The van der Waals surface area contributed by atoms with Crippen LogP contribution in [0.15, 0.2) is 0 Å². The molecule has 0 bridgehead atoms. The first-order chi connectivity index (χ1) is 5.74. The van der Waals surface area contributed by atoms with Crippen molar-refractivity contribution in [3.05, 3.63) is 0 Å². The third kappa shape index (κ3) is 1.64. The summed E-state index contributed by atoms with van der Waals surface area (Å²) >= 11 is 0. The molecule has 0 aromatic rings. The summed E-state index contributed by atoms with van der Waals surface area (Å²) in [5.41, 5.74) is 0. The smallest absolute Gasteiger partial charge is 0.0620 e. The molecule has 0 aromatic carbocycles. The van der Waals surface area contributed by atoms with Crippen LogP contribution in [0.3, 0.4) is 0 Å². The lowest BCUT2D eigenvalue weighted by molar-refractivity contribution is 0.138. The third-order valence-electron chi connectivity index (χ3n) is 3.06. The Morgan fingerprint density at radius 2 is 1.83 bits per heavy atom. The van der Waals surface area contributed by atoms with Crippen molar-refractivity contribution in [3.8, 4) is 0 Å². The van der Waals surface area contributed by atoms with Gasteiger partial charge >= 0.3 is 0 Å². The van der Waals surface area contributed by atoms with Gasteiger partial charge in [-0.25, -0.2) is 0 Å². The van der Waals surface area contributed by atoms with Gasteiger partial charge in [-0.05, 0) is 26.4 Å². The Hall–Kier alpha value is -0.0800. The van der Waals surface area contributed by atoms with Gasteiger partial charge in [-0.1, -0.05) is 20.8 Å². The van der Waals surface area contributed by atoms with Crippen molar-refractivity contribution < 1.29 is 0 Å². The fourth-order valence-corrected chi connectivity index (χ4v) is 2.43. The molecule has 1 aliphatic rings. The molecule has 0 N–H and O–H groups in total. The predicted molar refractivity (Wildman–Crippen MR) is 53.2 cm³/mol. The van der Waals surface area contributed by atoms with Gasteiger partial charge in [0.05, 0.1) is 6.17 Å². The second kappa shape index (κ2) is 4.24. The van der Waals surface area contributed by atoms with E-state index in [4.69, 9.17) is 0 Å². The molecule has 0 amide bonds. The summed E-state index contributed by atoms with van der Waals surface area (Å²) in [6, 6.07) is 0.796. The predicted octanol–water partition coefficient (Wildman–Crippen LogP) is 1.77. The van der Waals surface area contributed by atoms with Gasteiger partial charge in [0.2, 0.25) is 0 Å². The average molecular weight is 170 g/mol. The van der Waals surface area contributed by atoms with E-state index in [0.717, 1.165) is 6.04 Å². The third-order valence-corrected chi connectivity index (χ3v) is 3.06. The Bertz CT molecular complexity index is 136. The van der Waals surface area contributed by atoms with E-state index in [-0.39, 0.29) is 0 Å². The maximum absolute atomic E-state index is 2.62. The van der Waals surface area contributed by atoms with Gasteiger partial charge in [0.15, 0.2) is 0 Å². The second-order valence-electron chi connectivity index (χ2n) is 3.72. The Labute approximate surface area is 76.5 Å². The van der Waals surface area contributed by atoms with E-state index < -0.39 is 0 Å². The zero-order valence-electron chi connectivity index (χ0n) is 8.88. The zero-order chi connectivity index (χ0) is 9.14. The van der Waals surface area contributed by atoms with E-state index in [1.165, 1.54) is 25.9 Å². The summed E-state index contributed by atoms with van der Waals surface area (Å²) in [6.07, 6.45) is 3.23. The van der Waals surface area contributed by atoms with Gasteiger partial charge in [-0.15, -0.1) is 0 Å². The van der Waals surface area contributed by atoms with Crippen molar-refractivity contribution in [3.63, 3.8) is 0 Å². The molecule has 0 radical (unpaired) electrons. The van der Waals surface area contributed by atoms with Crippen LogP contribution in [0.2, 0.25) is 0 Å². The van der Waals surface area contributed by atoms with Crippen molar-refractivity contribution >= 4 is 0 Å². The standard InChI is InChI=1S/C10H22N2/c1-5-9-8-11(4)10(6-2)12(9)7-3/h9-10H,5-8H2,1-4H3. The van der Waals surface area contributed by atoms with E-state index >= 15 is 0 Å². The van der Waals surface area contributed by atoms with Crippen molar-refractivity contribution in [2.24, 2.45) is 0 Å². The summed E-state index contributed by atoms with van der Waals surface area (Å²) in [4.78, 5) is 5.11. The largest absolute Gasteiger partial charge is 0.289 e. The molecule has 0 saturated carbocycles. The van der Waals surface area contributed by atoms with Crippen molar-refractivity contribution in [2.45, 2.75) is 45.8 Å². The second-order valence-corrected chi connectivity index (χ2v) is 3.72. The lowest BCUT2D eigenvalue weighted by Crippen LogP contribution is -2.38. The molecular weight excluding hydrogens is 148 g/mol.